The van der Waals surface area contributed by atoms with Gasteiger partial charge in [0.05, 0.1) is 5.69 Å². The summed E-state index contributed by atoms with van der Waals surface area (Å²) >= 11 is 0. The van der Waals surface area contributed by atoms with E-state index in [0.29, 0.717) is 12.6 Å². The van der Waals surface area contributed by atoms with Crippen LogP contribution in [0.1, 0.15) is 31.9 Å². The summed E-state index contributed by atoms with van der Waals surface area (Å²) < 4.78 is 0. The molecule has 0 aliphatic carbocycles. The van der Waals surface area contributed by atoms with Gasteiger partial charge in [-0.15, -0.1) is 5.10 Å². The lowest BCUT2D eigenvalue weighted by molar-refractivity contribution is 0.636. The predicted octanol–water partition coefficient (Wildman–Crippen LogP) is 1.31. The van der Waals surface area contributed by atoms with Crippen molar-refractivity contribution in [2.45, 2.75) is 38.8 Å². The Balaban J connectivity index is 2.14. The van der Waals surface area contributed by atoms with E-state index >= 15 is 0 Å². The van der Waals surface area contributed by atoms with Crippen LogP contribution in [0.2, 0.25) is 0 Å². The van der Waals surface area contributed by atoms with E-state index in [9.17, 15) is 0 Å². The number of rotatable bonds is 3. The molecule has 1 unspecified atom stereocenters. The summed E-state index contributed by atoms with van der Waals surface area (Å²) in [6, 6.07) is 4.64. The summed E-state index contributed by atoms with van der Waals surface area (Å²) in [7, 11) is 0. The van der Waals surface area contributed by atoms with Crippen LogP contribution in [0.5, 0.6) is 0 Å². The lowest BCUT2D eigenvalue weighted by atomic mass is 10.2. The average molecular weight is 206 g/mol. The fraction of sp³-hybridized carbons (Fsp3) is 0.636. The van der Waals surface area contributed by atoms with Crippen molar-refractivity contribution in [3.05, 3.63) is 17.8 Å². The zero-order valence-corrected chi connectivity index (χ0v) is 9.19. The maximum Gasteiger partial charge on any atom is 0.151 e. The minimum Gasteiger partial charge on any atom is -0.352 e. The summed E-state index contributed by atoms with van der Waals surface area (Å²) in [5.41, 5.74) is 6.34. The first-order valence-electron chi connectivity index (χ1n) is 5.64. The van der Waals surface area contributed by atoms with Gasteiger partial charge in [-0.1, -0.05) is 6.92 Å². The second kappa shape index (κ2) is 4.57. The molecule has 1 fully saturated rings. The predicted molar refractivity (Wildman–Crippen MR) is 60.6 cm³/mol. The summed E-state index contributed by atoms with van der Waals surface area (Å²) in [6.07, 6.45) is 3.72. The van der Waals surface area contributed by atoms with E-state index in [1.807, 2.05) is 12.1 Å². The Morgan fingerprint density at radius 2 is 2.33 bits per heavy atom. The SMILES string of the molecule is CCC1CCCN1c1ccc(CN)nn1. The molecule has 0 bridgehead atoms. The average Bonchev–Trinajstić information content (AvgIpc) is 2.77. The summed E-state index contributed by atoms with van der Waals surface area (Å²) in [5.74, 6) is 0.997. The Bertz CT molecular complexity index is 309. The zero-order chi connectivity index (χ0) is 10.7. The number of nitrogens with zero attached hydrogens (tertiary/aromatic N) is 3. The Kier molecular flexibility index (Phi) is 3.16. The Morgan fingerprint density at radius 3 is 2.93 bits per heavy atom. The fourth-order valence-corrected chi connectivity index (χ4v) is 2.18. The highest BCUT2D eigenvalue weighted by molar-refractivity contribution is 5.40. The van der Waals surface area contributed by atoms with Gasteiger partial charge in [0.2, 0.25) is 0 Å². The van der Waals surface area contributed by atoms with Gasteiger partial charge in [-0.25, -0.2) is 0 Å². The maximum atomic E-state index is 5.49. The number of nitrogens with two attached hydrogens (primary N) is 1. The van der Waals surface area contributed by atoms with E-state index in [0.717, 1.165) is 18.1 Å². The van der Waals surface area contributed by atoms with Gasteiger partial charge in [0, 0.05) is 19.1 Å². The van der Waals surface area contributed by atoms with Crippen molar-refractivity contribution in [1.82, 2.24) is 10.2 Å². The summed E-state index contributed by atoms with van der Waals surface area (Å²) in [6.45, 7) is 3.80. The third-order valence-electron chi connectivity index (χ3n) is 3.06. The second-order valence-electron chi connectivity index (χ2n) is 3.98. The molecule has 2 N–H and O–H groups in total. The first kappa shape index (κ1) is 10.4. The lowest BCUT2D eigenvalue weighted by Gasteiger charge is -2.24. The molecule has 4 heteroatoms. The van der Waals surface area contributed by atoms with Crippen LogP contribution < -0.4 is 10.6 Å². The molecular weight excluding hydrogens is 188 g/mol. The molecule has 1 saturated heterocycles. The van der Waals surface area contributed by atoms with Crippen LogP contribution >= 0.6 is 0 Å². The molecule has 0 radical (unpaired) electrons. The van der Waals surface area contributed by atoms with Gasteiger partial charge in [-0.05, 0) is 31.4 Å². The number of hydrogen-bond acceptors (Lipinski definition) is 4. The molecule has 0 aromatic carbocycles. The molecule has 1 aromatic rings. The van der Waals surface area contributed by atoms with Crippen LogP contribution in [0.15, 0.2) is 12.1 Å². The standard InChI is InChI=1S/C11H18N4/c1-2-10-4-3-7-15(10)11-6-5-9(8-12)13-14-11/h5-6,10H,2-4,7-8,12H2,1H3. The van der Waals surface area contributed by atoms with E-state index in [1.54, 1.807) is 0 Å². The van der Waals surface area contributed by atoms with Crippen LogP contribution in [-0.2, 0) is 6.54 Å². The Hall–Kier alpha value is -1.16. The number of anilines is 1. The van der Waals surface area contributed by atoms with Crippen LogP contribution in [-0.4, -0.2) is 22.8 Å². The van der Waals surface area contributed by atoms with Gasteiger partial charge in [0.15, 0.2) is 5.82 Å². The van der Waals surface area contributed by atoms with Gasteiger partial charge < -0.3 is 10.6 Å². The fourth-order valence-electron chi connectivity index (χ4n) is 2.18. The molecule has 2 rings (SSSR count). The highest BCUT2D eigenvalue weighted by atomic mass is 15.3. The van der Waals surface area contributed by atoms with Crippen molar-refractivity contribution in [2.75, 3.05) is 11.4 Å². The van der Waals surface area contributed by atoms with Crippen LogP contribution in [0.25, 0.3) is 0 Å². The highest BCUT2D eigenvalue weighted by Crippen LogP contribution is 2.24. The molecule has 4 nitrogen and oxygen atoms in total. The zero-order valence-electron chi connectivity index (χ0n) is 9.19. The molecule has 82 valence electrons. The van der Waals surface area contributed by atoms with Crippen molar-refractivity contribution < 1.29 is 0 Å². The second-order valence-corrected chi connectivity index (χ2v) is 3.98. The van der Waals surface area contributed by atoms with Gasteiger partial charge in [-0.3, -0.25) is 0 Å². The van der Waals surface area contributed by atoms with Crippen LogP contribution in [0.3, 0.4) is 0 Å². The third kappa shape index (κ3) is 2.09. The van der Waals surface area contributed by atoms with Gasteiger partial charge >= 0.3 is 0 Å². The van der Waals surface area contributed by atoms with E-state index in [1.165, 1.54) is 19.3 Å². The topological polar surface area (TPSA) is 55.0 Å². The lowest BCUT2D eigenvalue weighted by Crippen LogP contribution is -2.29. The largest absolute Gasteiger partial charge is 0.352 e. The van der Waals surface area contributed by atoms with Gasteiger partial charge in [-0.2, -0.15) is 5.10 Å². The molecule has 1 aliphatic rings. The molecule has 0 spiro atoms. The molecule has 0 saturated carbocycles. The smallest absolute Gasteiger partial charge is 0.151 e. The molecule has 15 heavy (non-hydrogen) atoms. The first-order chi connectivity index (χ1) is 7.35. The first-order valence-corrected chi connectivity index (χ1v) is 5.64. The monoisotopic (exact) mass is 206 g/mol. The van der Waals surface area contributed by atoms with Gasteiger partial charge in [0.25, 0.3) is 0 Å². The summed E-state index contributed by atoms with van der Waals surface area (Å²) in [4.78, 5) is 2.35. The van der Waals surface area contributed by atoms with Crippen LogP contribution in [0, 0.1) is 0 Å². The molecule has 1 aliphatic heterocycles. The van der Waals surface area contributed by atoms with Crippen molar-refractivity contribution in [3.8, 4) is 0 Å². The Labute approximate surface area is 90.5 Å². The van der Waals surface area contributed by atoms with Crippen LogP contribution in [0.4, 0.5) is 5.82 Å². The van der Waals surface area contributed by atoms with Crippen molar-refractivity contribution in [2.24, 2.45) is 5.73 Å². The number of aromatic nitrogens is 2. The normalized spacial score (nSPS) is 20.9. The van der Waals surface area contributed by atoms with E-state index in [2.05, 4.69) is 22.0 Å². The maximum absolute atomic E-state index is 5.49. The Morgan fingerprint density at radius 1 is 1.47 bits per heavy atom. The highest BCUT2D eigenvalue weighted by Gasteiger charge is 2.23. The number of hydrogen-bond donors (Lipinski definition) is 1. The van der Waals surface area contributed by atoms with Crippen molar-refractivity contribution in [3.63, 3.8) is 0 Å². The molecule has 2 heterocycles. The minimum absolute atomic E-state index is 0.463. The van der Waals surface area contributed by atoms with Crippen molar-refractivity contribution in [1.29, 1.82) is 0 Å². The third-order valence-corrected chi connectivity index (χ3v) is 3.06. The van der Waals surface area contributed by atoms with E-state index in [-0.39, 0.29) is 0 Å². The molecule has 0 amide bonds. The van der Waals surface area contributed by atoms with E-state index in [4.69, 9.17) is 5.73 Å². The molecular formula is C11H18N4. The minimum atomic E-state index is 0.463. The van der Waals surface area contributed by atoms with Gasteiger partial charge in [0.1, 0.15) is 0 Å². The van der Waals surface area contributed by atoms with Crippen molar-refractivity contribution >= 4 is 5.82 Å². The molecule has 1 atom stereocenters. The van der Waals surface area contributed by atoms with E-state index < -0.39 is 0 Å². The molecule has 1 aromatic heterocycles. The quantitative estimate of drug-likeness (QED) is 0.810. The summed E-state index contributed by atoms with van der Waals surface area (Å²) in [5, 5.41) is 8.32.